The molecule has 1 aromatic rings. The van der Waals surface area contributed by atoms with Gasteiger partial charge in [-0.15, -0.1) is 0 Å². The molecule has 0 unspecified atom stereocenters. The number of hydrogen-bond acceptors (Lipinski definition) is 3. The van der Waals surface area contributed by atoms with Crippen LogP contribution >= 0.6 is 0 Å². The summed E-state index contributed by atoms with van der Waals surface area (Å²) in [6.07, 6.45) is 0. The lowest BCUT2D eigenvalue weighted by molar-refractivity contribution is -0.125. The van der Waals surface area contributed by atoms with E-state index in [9.17, 15) is 4.79 Å². The second-order valence-electron chi connectivity index (χ2n) is 6.43. The van der Waals surface area contributed by atoms with Crippen molar-refractivity contribution in [3.63, 3.8) is 0 Å². The summed E-state index contributed by atoms with van der Waals surface area (Å²) in [5.41, 5.74) is 2.70. The third-order valence-electron chi connectivity index (χ3n) is 4.87. The van der Waals surface area contributed by atoms with Gasteiger partial charge in [-0.05, 0) is 25.0 Å². The summed E-state index contributed by atoms with van der Waals surface area (Å²) in [5, 5.41) is 3.18. The van der Waals surface area contributed by atoms with Gasteiger partial charge in [0.25, 0.3) is 0 Å². The molecule has 0 saturated carbocycles. The fourth-order valence-electron chi connectivity index (χ4n) is 3.84. The minimum Gasteiger partial charge on any atom is -0.375 e. The second-order valence-corrected chi connectivity index (χ2v) is 6.43. The molecule has 4 heteroatoms. The normalized spacial score (nSPS) is 27.7. The number of amides is 1. The summed E-state index contributed by atoms with van der Waals surface area (Å²) < 4.78 is 4.95. The third kappa shape index (κ3) is 2.58. The van der Waals surface area contributed by atoms with Gasteiger partial charge < -0.3 is 10.1 Å². The molecule has 1 aromatic carbocycles. The largest absolute Gasteiger partial charge is 0.375 e. The van der Waals surface area contributed by atoms with Crippen molar-refractivity contribution in [1.29, 1.82) is 0 Å². The third-order valence-corrected chi connectivity index (χ3v) is 4.87. The van der Waals surface area contributed by atoms with Crippen LogP contribution in [0.3, 0.4) is 0 Å². The van der Waals surface area contributed by atoms with E-state index >= 15 is 0 Å². The van der Waals surface area contributed by atoms with E-state index in [0.717, 1.165) is 13.1 Å². The number of carbonyl (C=O) groups excluding carboxylic acids is 1. The maximum atomic E-state index is 12.0. The van der Waals surface area contributed by atoms with E-state index in [-0.39, 0.29) is 18.6 Å². The Bertz CT molecular complexity index is 529. The number of carbonyl (C=O) groups is 1. The van der Waals surface area contributed by atoms with E-state index in [1.165, 1.54) is 11.1 Å². The van der Waals surface area contributed by atoms with Gasteiger partial charge in [-0.25, -0.2) is 0 Å². The highest BCUT2D eigenvalue weighted by Crippen LogP contribution is 2.49. The second kappa shape index (κ2) is 5.78. The molecule has 0 aromatic heterocycles. The number of fused-ring (bicyclic) bond motifs is 3. The lowest BCUT2D eigenvalue weighted by Gasteiger charge is -2.25. The number of nitrogens with one attached hydrogen (secondary N) is 1. The number of benzene rings is 1. The van der Waals surface area contributed by atoms with Crippen molar-refractivity contribution < 1.29 is 9.53 Å². The van der Waals surface area contributed by atoms with Crippen molar-refractivity contribution in [2.45, 2.75) is 31.8 Å². The molecule has 1 heterocycles. The molecule has 0 bridgehead atoms. The highest BCUT2D eigenvalue weighted by Gasteiger charge is 2.46. The van der Waals surface area contributed by atoms with Gasteiger partial charge in [0.05, 0.1) is 6.04 Å². The van der Waals surface area contributed by atoms with Crippen LogP contribution in [-0.2, 0) is 9.53 Å². The van der Waals surface area contributed by atoms with E-state index in [1.54, 1.807) is 7.11 Å². The quantitative estimate of drug-likeness (QED) is 0.920. The number of methoxy groups -OCH3 is 1. The molecule has 1 fully saturated rings. The van der Waals surface area contributed by atoms with E-state index in [4.69, 9.17) is 4.74 Å². The highest BCUT2D eigenvalue weighted by atomic mass is 16.5. The lowest BCUT2D eigenvalue weighted by Crippen LogP contribution is -2.36. The molecular weight excluding hydrogens is 264 g/mol. The molecule has 1 saturated heterocycles. The average Bonchev–Trinajstić information content (AvgIpc) is 2.99. The molecule has 4 nitrogen and oxygen atoms in total. The summed E-state index contributed by atoms with van der Waals surface area (Å²) in [5.74, 6) is 0.989. The van der Waals surface area contributed by atoms with Crippen LogP contribution in [0, 0.1) is 5.92 Å². The first-order valence-corrected chi connectivity index (χ1v) is 7.73. The summed E-state index contributed by atoms with van der Waals surface area (Å²) in [6, 6.07) is 9.23. The number of likely N-dealkylation sites (tertiary alicyclic amines) is 1. The van der Waals surface area contributed by atoms with E-state index in [1.807, 2.05) is 0 Å². The Hall–Kier alpha value is -1.39. The fourth-order valence-corrected chi connectivity index (χ4v) is 3.84. The van der Waals surface area contributed by atoms with Crippen molar-refractivity contribution >= 4 is 5.91 Å². The van der Waals surface area contributed by atoms with Crippen molar-refractivity contribution in [3.8, 4) is 0 Å². The summed E-state index contributed by atoms with van der Waals surface area (Å²) in [4.78, 5) is 14.5. The smallest absolute Gasteiger partial charge is 0.246 e. The molecule has 114 valence electrons. The minimum atomic E-state index is -0.0269. The van der Waals surface area contributed by atoms with Gasteiger partial charge >= 0.3 is 0 Å². The fraction of sp³-hybridized carbons (Fsp3) is 0.588. The highest BCUT2D eigenvalue weighted by molar-refractivity contribution is 5.78. The first kappa shape index (κ1) is 14.5. The standard InChI is InChI=1S/C17H24N2O2/c1-11(2)19-8-14-12-6-4-5-7-13(12)17(15(14)9-19)18-16(20)10-21-3/h4-7,11,14-15,17H,8-10H2,1-3H3,(H,18,20)/t14-,15-,17+/m0/s1. The van der Waals surface area contributed by atoms with Gasteiger partial charge in [-0.3, -0.25) is 9.69 Å². The predicted molar refractivity (Wildman–Crippen MR) is 82.1 cm³/mol. The lowest BCUT2D eigenvalue weighted by atomic mass is 9.94. The zero-order valence-corrected chi connectivity index (χ0v) is 13.0. The Labute approximate surface area is 126 Å². The Morgan fingerprint density at radius 1 is 1.33 bits per heavy atom. The van der Waals surface area contributed by atoms with Crippen LogP contribution in [0.4, 0.5) is 0 Å². The van der Waals surface area contributed by atoms with Gasteiger partial charge in [0, 0.05) is 38.1 Å². The Kier molecular flexibility index (Phi) is 4.00. The van der Waals surface area contributed by atoms with Gasteiger partial charge in [-0.2, -0.15) is 0 Å². The molecule has 3 rings (SSSR count). The van der Waals surface area contributed by atoms with Crippen molar-refractivity contribution in [3.05, 3.63) is 35.4 Å². The molecule has 1 aliphatic carbocycles. The van der Waals surface area contributed by atoms with Crippen LogP contribution in [0.2, 0.25) is 0 Å². The van der Waals surface area contributed by atoms with Crippen LogP contribution < -0.4 is 5.32 Å². The van der Waals surface area contributed by atoms with Gasteiger partial charge in [0.2, 0.25) is 5.91 Å². The van der Waals surface area contributed by atoms with Crippen LogP contribution in [0.5, 0.6) is 0 Å². The molecule has 1 amide bonds. The van der Waals surface area contributed by atoms with Gasteiger partial charge in [0.15, 0.2) is 0 Å². The Balaban J connectivity index is 1.86. The van der Waals surface area contributed by atoms with E-state index in [0.29, 0.717) is 17.9 Å². The van der Waals surface area contributed by atoms with E-state index < -0.39 is 0 Å². The zero-order valence-electron chi connectivity index (χ0n) is 13.0. The Morgan fingerprint density at radius 3 is 2.71 bits per heavy atom. The van der Waals surface area contributed by atoms with Crippen molar-refractivity contribution in [1.82, 2.24) is 10.2 Å². The Morgan fingerprint density at radius 2 is 2.05 bits per heavy atom. The van der Waals surface area contributed by atoms with Crippen molar-refractivity contribution in [2.24, 2.45) is 5.92 Å². The first-order chi connectivity index (χ1) is 10.1. The van der Waals surface area contributed by atoms with Crippen LogP contribution in [0.1, 0.15) is 36.9 Å². The first-order valence-electron chi connectivity index (χ1n) is 7.73. The molecule has 1 aliphatic heterocycles. The van der Waals surface area contributed by atoms with Crippen LogP contribution in [0.25, 0.3) is 0 Å². The van der Waals surface area contributed by atoms with Crippen LogP contribution in [-0.4, -0.2) is 43.7 Å². The van der Waals surface area contributed by atoms with Gasteiger partial charge in [-0.1, -0.05) is 24.3 Å². The molecule has 0 radical (unpaired) electrons. The predicted octanol–water partition coefficient (Wildman–Crippen LogP) is 1.93. The molecule has 2 aliphatic rings. The number of rotatable bonds is 4. The number of hydrogen-bond donors (Lipinski definition) is 1. The van der Waals surface area contributed by atoms with Gasteiger partial charge in [0.1, 0.15) is 6.61 Å². The number of nitrogens with zero attached hydrogens (tertiary/aromatic N) is 1. The molecule has 3 atom stereocenters. The minimum absolute atomic E-state index is 0.0269. The summed E-state index contributed by atoms with van der Waals surface area (Å²) in [7, 11) is 1.56. The molecule has 21 heavy (non-hydrogen) atoms. The maximum absolute atomic E-state index is 12.0. The van der Waals surface area contributed by atoms with Crippen LogP contribution in [0.15, 0.2) is 24.3 Å². The average molecular weight is 288 g/mol. The van der Waals surface area contributed by atoms with E-state index in [2.05, 4.69) is 48.3 Å². The van der Waals surface area contributed by atoms with Crippen molar-refractivity contribution in [2.75, 3.05) is 26.8 Å². The number of ether oxygens (including phenoxy) is 1. The molecule has 0 spiro atoms. The zero-order chi connectivity index (χ0) is 15.0. The monoisotopic (exact) mass is 288 g/mol. The molecular formula is C17H24N2O2. The SMILES string of the molecule is COCC(=O)N[C@@H]1c2ccccc2[C@@H]2CN(C(C)C)C[C@H]12. The summed E-state index contributed by atoms with van der Waals surface area (Å²) >= 11 is 0. The summed E-state index contributed by atoms with van der Waals surface area (Å²) in [6.45, 7) is 6.76. The topological polar surface area (TPSA) is 41.6 Å². The molecule has 1 N–H and O–H groups in total. The maximum Gasteiger partial charge on any atom is 0.246 e.